The van der Waals surface area contributed by atoms with Crippen molar-refractivity contribution in [2.24, 2.45) is 5.92 Å². The minimum atomic E-state index is -0.163. The molecule has 1 aliphatic rings. The number of fused-ring (bicyclic) bond motifs is 1. The number of nitrogens with two attached hydrogens (primary N) is 1. The van der Waals surface area contributed by atoms with Crippen LogP contribution in [0.4, 0.5) is 5.82 Å². The van der Waals surface area contributed by atoms with Crippen molar-refractivity contribution in [1.82, 2.24) is 30.4 Å². The summed E-state index contributed by atoms with van der Waals surface area (Å²) in [5, 5.41) is 12.2. The highest BCUT2D eigenvalue weighted by Gasteiger charge is 2.29. The predicted octanol–water partition coefficient (Wildman–Crippen LogP) is 5.10. The molecule has 0 aliphatic heterocycles. The minimum Gasteiger partial charge on any atom is -0.457 e. The number of nitrogens with one attached hydrogen (secondary N) is 2. The molecule has 0 saturated heterocycles. The van der Waals surface area contributed by atoms with Crippen LogP contribution in [0.3, 0.4) is 0 Å². The van der Waals surface area contributed by atoms with Gasteiger partial charge in [-0.2, -0.15) is 5.10 Å². The minimum absolute atomic E-state index is 0.0849. The molecule has 2 heterocycles. The Kier molecular flexibility index (Phi) is 8.07. The van der Waals surface area contributed by atoms with Crippen LogP contribution in [0.5, 0.6) is 11.5 Å². The van der Waals surface area contributed by atoms with E-state index >= 15 is 0 Å². The van der Waals surface area contributed by atoms with E-state index in [1.807, 2.05) is 66.3 Å². The Bertz CT molecular complexity index is 1390. The van der Waals surface area contributed by atoms with Crippen molar-refractivity contribution in [3.8, 4) is 22.8 Å². The average molecular weight is 528 g/mol. The molecule has 9 heteroatoms. The number of para-hydroxylation sites is 1. The van der Waals surface area contributed by atoms with Gasteiger partial charge in [-0.3, -0.25) is 4.79 Å². The van der Waals surface area contributed by atoms with E-state index in [4.69, 9.17) is 15.6 Å². The average Bonchev–Trinajstić information content (AvgIpc) is 3.34. The molecule has 0 unspecified atom stereocenters. The number of rotatable bonds is 9. The molecule has 5 rings (SSSR count). The van der Waals surface area contributed by atoms with E-state index in [9.17, 15) is 4.79 Å². The van der Waals surface area contributed by atoms with Crippen molar-refractivity contribution in [2.45, 2.75) is 64.1 Å². The van der Waals surface area contributed by atoms with E-state index in [1.54, 1.807) is 0 Å². The quantitative estimate of drug-likeness (QED) is 0.277. The van der Waals surface area contributed by atoms with E-state index in [0.717, 1.165) is 65.9 Å². The molecule has 39 heavy (non-hydrogen) atoms. The summed E-state index contributed by atoms with van der Waals surface area (Å²) in [6.45, 7) is 4.27. The number of amides is 1. The Morgan fingerprint density at radius 1 is 1.03 bits per heavy atom. The fourth-order valence-electron chi connectivity index (χ4n) is 5.35. The number of hydrogen-bond donors (Lipinski definition) is 3. The first kappa shape index (κ1) is 26.6. The number of ether oxygens (including phenoxy) is 1. The van der Waals surface area contributed by atoms with Crippen LogP contribution in [0.2, 0.25) is 0 Å². The maximum Gasteiger partial charge on any atom is 0.237 e. The highest BCUT2D eigenvalue weighted by molar-refractivity contribution is 5.98. The number of nitrogen functional groups attached to an aromatic ring is 1. The van der Waals surface area contributed by atoms with Gasteiger partial charge in [-0.25, -0.2) is 14.6 Å². The van der Waals surface area contributed by atoms with Crippen LogP contribution in [0.1, 0.15) is 52.0 Å². The number of carbonyl (C=O) groups excluding carboxylic acids is 1. The number of aromatic nitrogens is 4. The van der Waals surface area contributed by atoms with Crippen molar-refractivity contribution >= 4 is 22.8 Å². The summed E-state index contributed by atoms with van der Waals surface area (Å²) in [5.74, 6) is 2.47. The van der Waals surface area contributed by atoms with Crippen LogP contribution < -0.4 is 21.1 Å². The number of hydrogen-bond acceptors (Lipinski definition) is 7. The third-order valence-corrected chi connectivity index (χ3v) is 7.39. The number of likely N-dealkylation sites (N-methyl/N-ethyl adjacent to an activating group) is 1. The molecule has 2 aromatic heterocycles. The van der Waals surface area contributed by atoms with Gasteiger partial charge in [0.05, 0.1) is 17.5 Å². The topological polar surface area (TPSA) is 120 Å². The van der Waals surface area contributed by atoms with Gasteiger partial charge < -0.3 is 21.1 Å². The molecule has 4 aromatic rings. The van der Waals surface area contributed by atoms with Crippen LogP contribution in [0.15, 0.2) is 60.9 Å². The predicted molar refractivity (Wildman–Crippen MR) is 153 cm³/mol. The van der Waals surface area contributed by atoms with E-state index in [2.05, 4.69) is 34.4 Å². The second-order valence-electron chi connectivity index (χ2n) is 10.7. The van der Waals surface area contributed by atoms with Crippen molar-refractivity contribution < 1.29 is 9.53 Å². The van der Waals surface area contributed by atoms with Gasteiger partial charge in [-0.1, -0.05) is 32.0 Å². The van der Waals surface area contributed by atoms with Gasteiger partial charge >= 0.3 is 0 Å². The normalized spacial score (nSPS) is 18.3. The van der Waals surface area contributed by atoms with E-state index in [1.165, 1.54) is 6.33 Å². The third kappa shape index (κ3) is 6.04. The standard InChI is InChI=1S/C30H37N7O2/c1-19(2)17-25(32-3)30(38)35-21-11-13-22(14-12-21)37-29-26(28(31)33-18-34-29)27(36-37)20-9-15-24(16-10-20)39-23-7-5-4-6-8-23/h4-10,15-16,18-19,21-22,25,32H,11-14,17H2,1-3H3,(H,35,38)(H2,31,33,34)/t21?,22?,25-/m0/s1. The van der Waals surface area contributed by atoms with Gasteiger partial charge in [-0.15, -0.1) is 0 Å². The highest BCUT2D eigenvalue weighted by Crippen LogP contribution is 2.36. The smallest absolute Gasteiger partial charge is 0.237 e. The van der Waals surface area contributed by atoms with E-state index in [-0.39, 0.29) is 24.0 Å². The van der Waals surface area contributed by atoms with Gasteiger partial charge in [-0.05, 0) is 81.5 Å². The summed E-state index contributed by atoms with van der Waals surface area (Å²) in [5.41, 5.74) is 8.76. The van der Waals surface area contributed by atoms with Crippen molar-refractivity contribution in [3.05, 3.63) is 60.9 Å². The third-order valence-electron chi connectivity index (χ3n) is 7.39. The lowest BCUT2D eigenvalue weighted by atomic mass is 9.90. The zero-order valence-corrected chi connectivity index (χ0v) is 22.8. The van der Waals surface area contributed by atoms with Crippen molar-refractivity contribution in [2.75, 3.05) is 12.8 Å². The molecule has 0 radical (unpaired) electrons. The Hall–Kier alpha value is -3.98. The molecule has 1 aliphatic carbocycles. The molecule has 0 bridgehead atoms. The van der Waals surface area contributed by atoms with Gasteiger partial charge in [0, 0.05) is 11.6 Å². The second kappa shape index (κ2) is 11.8. The molecule has 9 nitrogen and oxygen atoms in total. The second-order valence-corrected chi connectivity index (χ2v) is 10.7. The largest absolute Gasteiger partial charge is 0.457 e. The Labute approximate surface area is 229 Å². The Balaban J connectivity index is 1.32. The summed E-state index contributed by atoms with van der Waals surface area (Å²) in [7, 11) is 1.85. The first-order valence-electron chi connectivity index (χ1n) is 13.7. The van der Waals surface area contributed by atoms with Crippen LogP contribution in [0.25, 0.3) is 22.3 Å². The zero-order chi connectivity index (χ0) is 27.4. The molecule has 2 aromatic carbocycles. The van der Waals surface area contributed by atoms with Crippen LogP contribution >= 0.6 is 0 Å². The summed E-state index contributed by atoms with van der Waals surface area (Å²) in [6.07, 6.45) is 5.87. The molecule has 204 valence electrons. The molecule has 1 saturated carbocycles. The molecular weight excluding hydrogens is 490 g/mol. The summed E-state index contributed by atoms with van der Waals surface area (Å²) in [6, 6.07) is 17.7. The SMILES string of the molecule is CN[C@@H](CC(C)C)C(=O)NC1CCC(n2nc(-c3ccc(Oc4ccccc4)cc3)c3c(N)ncnc32)CC1. The van der Waals surface area contributed by atoms with Gasteiger partial charge in [0.1, 0.15) is 29.3 Å². The van der Waals surface area contributed by atoms with Gasteiger partial charge in [0.15, 0.2) is 5.65 Å². The first-order valence-corrected chi connectivity index (χ1v) is 13.7. The monoisotopic (exact) mass is 527 g/mol. The maximum atomic E-state index is 12.8. The van der Waals surface area contributed by atoms with E-state index < -0.39 is 0 Å². The summed E-state index contributed by atoms with van der Waals surface area (Å²) < 4.78 is 7.95. The summed E-state index contributed by atoms with van der Waals surface area (Å²) >= 11 is 0. The van der Waals surface area contributed by atoms with Crippen molar-refractivity contribution in [3.63, 3.8) is 0 Å². The number of benzene rings is 2. The molecule has 0 spiro atoms. The van der Waals surface area contributed by atoms with Crippen LogP contribution in [-0.4, -0.2) is 44.8 Å². The first-order chi connectivity index (χ1) is 18.9. The maximum absolute atomic E-state index is 12.8. The fourth-order valence-corrected chi connectivity index (χ4v) is 5.35. The fraction of sp³-hybridized carbons (Fsp3) is 0.400. The molecule has 1 amide bonds. The number of anilines is 1. The lowest BCUT2D eigenvalue weighted by Crippen LogP contribution is -2.48. The lowest BCUT2D eigenvalue weighted by molar-refractivity contribution is -0.124. The highest BCUT2D eigenvalue weighted by atomic mass is 16.5. The molecule has 1 fully saturated rings. The molecule has 1 atom stereocenters. The van der Waals surface area contributed by atoms with Crippen LogP contribution in [0, 0.1) is 5.92 Å². The number of carbonyl (C=O) groups is 1. The zero-order valence-electron chi connectivity index (χ0n) is 22.8. The van der Waals surface area contributed by atoms with Crippen LogP contribution in [-0.2, 0) is 4.79 Å². The van der Waals surface area contributed by atoms with Gasteiger partial charge in [0.25, 0.3) is 0 Å². The molecular formula is C30H37N7O2. The lowest BCUT2D eigenvalue weighted by Gasteiger charge is -2.30. The Morgan fingerprint density at radius 2 is 1.72 bits per heavy atom. The number of nitrogens with zero attached hydrogens (tertiary/aromatic N) is 4. The molecule has 4 N–H and O–H groups in total. The van der Waals surface area contributed by atoms with E-state index in [0.29, 0.717) is 11.7 Å². The van der Waals surface area contributed by atoms with Gasteiger partial charge in [0.2, 0.25) is 5.91 Å². The van der Waals surface area contributed by atoms with Crippen molar-refractivity contribution in [1.29, 1.82) is 0 Å². The summed E-state index contributed by atoms with van der Waals surface area (Å²) in [4.78, 5) is 21.6. The Morgan fingerprint density at radius 3 is 2.38 bits per heavy atom.